The molecule has 29 heavy (non-hydrogen) atoms. The molecule has 2 aromatic heterocycles. The minimum Gasteiger partial charge on any atom is -0.352 e. The van der Waals surface area contributed by atoms with Crippen molar-refractivity contribution >= 4 is 27.9 Å². The average Bonchev–Trinajstić information content (AvgIpc) is 3.10. The molecular formula is C21H29N5O2S. The molecular weight excluding hydrogens is 386 g/mol. The lowest BCUT2D eigenvalue weighted by atomic mass is 10.0. The highest BCUT2D eigenvalue weighted by atomic mass is 32.2. The fourth-order valence-electron chi connectivity index (χ4n) is 3.41. The Morgan fingerprint density at radius 2 is 2.07 bits per heavy atom. The van der Waals surface area contributed by atoms with Gasteiger partial charge in [-0.2, -0.15) is 4.98 Å². The molecule has 0 radical (unpaired) electrons. The number of benzene rings is 1. The Labute approximate surface area is 173 Å². The number of hydrogen-bond donors (Lipinski definition) is 2. The zero-order chi connectivity index (χ0) is 20.8. The number of aromatic nitrogens is 4. The minimum absolute atomic E-state index is 0.192. The van der Waals surface area contributed by atoms with Crippen LogP contribution in [0.3, 0.4) is 0 Å². The number of nitrogens with zero attached hydrogens (tertiary/aromatic N) is 3. The first kappa shape index (κ1) is 21.2. The molecule has 1 aromatic carbocycles. The molecule has 3 aromatic rings. The number of H-pyrrole nitrogens is 1. The second-order valence-corrected chi connectivity index (χ2v) is 8.89. The van der Waals surface area contributed by atoms with Crippen LogP contribution >= 0.6 is 0 Å². The second-order valence-electron chi connectivity index (χ2n) is 7.33. The molecule has 2 N–H and O–H groups in total. The van der Waals surface area contributed by atoms with E-state index in [9.17, 15) is 9.00 Å². The van der Waals surface area contributed by atoms with E-state index in [1.54, 1.807) is 12.6 Å². The SMILES string of the molecule is CCc1cc(CNc2nc3ncn(CCCCCS(C)=O)c3c(=O)[nH]2)ccc1C. The van der Waals surface area contributed by atoms with Gasteiger partial charge in [-0.15, -0.1) is 0 Å². The molecule has 0 saturated carbocycles. The molecule has 2 heterocycles. The maximum Gasteiger partial charge on any atom is 0.278 e. The van der Waals surface area contributed by atoms with Gasteiger partial charge < -0.3 is 9.88 Å². The minimum atomic E-state index is -0.745. The van der Waals surface area contributed by atoms with Crippen LogP contribution < -0.4 is 10.9 Å². The van der Waals surface area contributed by atoms with E-state index in [1.807, 2.05) is 4.57 Å². The highest BCUT2D eigenvalue weighted by molar-refractivity contribution is 7.84. The van der Waals surface area contributed by atoms with Crippen LogP contribution in [-0.2, 0) is 30.3 Å². The highest BCUT2D eigenvalue weighted by Gasteiger charge is 2.10. The first-order chi connectivity index (χ1) is 14.0. The van der Waals surface area contributed by atoms with Crippen LogP contribution in [0, 0.1) is 6.92 Å². The summed E-state index contributed by atoms with van der Waals surface area (Å²) in [6, 6.07) is 6.39. The van der Waals surface area contributed by atoms with Crippen molar-refractivity contribution in [3.8, 4) is 0 Å². The predicted molar refractivity (Wildman–Crippen MR) is 119 cm³/mol. The standard InChI is InChI=1S/C21H29N5O2S/c1-4-17-12-16(9-8-15(17)2)13-22-21-24-19-18(20(27)25-21)26(14-23-19)10-6-5-7-11-29(3)28/h8-9,12,14H,4-7,10-11,13H2,1-3H3,(H2,22,24,25,27). The smallest absolute Gasteiger partial charge is 0.278 e. The third kappa shape index (κ3) is 5.53. The second kappa shape index (κ2) is 9.82. The van der Waals surface area contributed by atoms with E-state index in [0.29, 0.717) is 30.2 Å². The highest BCUT2D eigenvalue weighted by Crippen LogP contribution is 2.14. The van der Waals surface area contributed by atoms with Gasteiger partial charge in [0.1, 0.15) is 0 Å². The summed E-state index contributed by atoms with van der Waals surface area (Å²) in [5, 5.41) is 3.20. The predicted octanol–water partition coefficient (Wildman–Crippen LogP) is 3.15. The molecule has 8 heteroatoms. The lowest BCUT2D eigenvalue weighted by Crippen LogP contribution is -2.16. The van der Waals surface area contributed by atoms with Crippen molar-refractivity contribution < 1.29 is 4.21 Å². The first-order valence-electron chi connectivity index (χ1n) is 10.1. The Morgan fingerprint density at radius 1 is 1.24 bits per heavy atom. The molecule has 0 spiro atoms. The molecule has 3 rings (SSSR count). The van der Waals surface area contributed by atoms with Gasteiger partial charge in [-0.1, -0.05) is 31.5 Å². The summed E-state index contributed by atoms with van der Waals surface area (Å²) < 4.78 is 13.0. The number of unbranched alkanes of at least 4 members (excludes halogenated alkanes) is 2. The van der Waals surface area contributed by atoms with E-state index in [2.05, 4.69) is 52.3 Å². The molecule has 0 fully saturated rings. The van der Waals surface area contributed by atoms with Crippen molar-refractivity contribution in [1.82, 2.24) is 19.5 Å². The number of rotatable bonds is 10. The van der Waals surface area contributed by atoms with Crippen molar-refractivity contribution in [1.29, 1.82) is 0 Å². The van der Waals surface area contributed by atoms with Crippen LogP contribution in [0.2, 0.25) is 0 Å². The van der Waals surface area contributed by atoms with Gasteiger partial charge in [-0.25, -0.2) is 4.98 Å². The lowest BCUT2D eigenvalue weighted by molar-refractivity contribution is 0.610. The molecule has 0 bridgehead atoms. The van der Waals surface area contributed by atoms with Crippen LogP contribution in [0.4, 0.5) is 5.95 Å². The number of hydrogen-bond acceptors (Lipinski definition) is 5. The summed E-state index contributed by atoms with van der Waals surface area (Å²) >= 11 is 0. The van der Waals surface area contributed by atoms with E-state index < -0.39 is 10.8 Å². The van der Waals surface area contributed by atoms with Gasteiger partial charge in [0.05, 0.1) is 6.33 Å². The molecule has 0 aliphatic heterocycles. The molecule has 0 aliphatic carbocycles. The van der Waals surface area contributed by atoms with Crippen LogP contribution in [0.5, 0.6) is 0 Å². The van der Waals surface area contributed by atoms with Gasteiger partial charge in [0, 0.05) is 35.9 Å². The van der Waals surface area contributed by atoms with E-state index in [1.165, 1.54) is 11.1 Å². The Morgan fingerprint density at radius 3 is 2.83 bits per heavy atom. The topological polar surface area (TPSA) is 92.7 Å². The zero-order valence-electron chi connectivity index (χ0n) is 17.3. The normalized spacial score (nSPS) is 12.4. The van der Waals surface area contributed by atoms with Crippen LogP contribution in [0.25, 0.3) is 11.2 Å². The van der Waals surface area contributed by atoms with Crippen molar-refractivity contribution in [2.75, 3.05) is 17.3 Å². The number of aromatic amines is 1. The largest absolute Gasteiger partial charge is 0.352 e. The summed E-state index contributed by atoms with van der Waals surface area (Å²) in [7, 11) is -0.745. The quantitative estimate of drug-likeness (QED) is 0.496. The fraction of sp³-hybridized carbons (Fsp3) is 0.476. The maximum atomic E-state index is 12.6. The van der Waals surface area contributed by atoms with Crippen molar-refractivity contribution in [2.24, 2.45) is 0 Å². The van der Waals surface area contributed by atoms with Crippen LogP contribution in [0.15, 0.2) is 29.3 Å². The van der Waals surface area contributed by atoms with Gasteiger partial charge in [-0.05, 0) is 42.9 Å². The first-order valence-corrected chi connectivity index (χ1v) is 11.8. The van der Waals surface area contributed by atoms with E-state index >= 15 is 0 Å². The number of fused-ring (bicyclic) bond motifs is 1. The van der Waals surface area contributed by atoms with E-state index in [4.69, 9.17) is 0 Å². The summed E-state index contributed by atoms with van der Waals surface area (Å²) in [6.45, 7) is 5.55. The molecule has 1 unspecified atom stereocenters. The molecule has 156 valence electrons. The fourth-order valence-corrected chi connectivity index (χ4v) is 4.02. The monoisotopic (exact) mass is 415 g/mol. The van der Waals surface area contributed by atoms with Gasteiger partial charge in [0.15, 0.2) is 11.2 Å². The lowest BCUT2D eigenvalue weighted by Gasteiger charge is -2.09. The van der Waals surface area contributed by atoms with Gasteiger partial charge in [0.2, 0.25) is 5.95 Å². The summed E-state index contributed by atoms with van der Waals surface area (Å²) in [4.78, 5) is 24.2. The van der Waals surface area contributed by atoms with Crippen LogP contribution in [-0.4, -0.2) is 35.7 Å². The molecule has 1 atom stereocenters. The number of anilines is 1. The molecule has 0 amide bonds. The third-order valence-electron chi connectivity index (χ3n) is 5.07. The number of nitrogens with one attached hydrogen (secondary N) is 2. The summed E-state index contributed by atoms with van der Waals surface area (Å²) in [5.41, 5.74) is 4.52. The van der Waals surface area contributed by atoms with E-state index in [-0.39, 0.29) is 5.56 Å². The van der Waals surface area contributed by atoms with Gasteiger partial charge in [0.25, 0.3) is 5.56 Å². The maximum absolute atomic E-state index is 12.6. The van der Waals surface area contributed by atoms with Gasteiger partial charge in [-0.3, -0.25) is 14.0 Å². The van der Waals surface area contributed by atoms with Gasteiger partial charge >= 0.3 is 0 Å². The average molecular weight is 416 g/mol. The summed E-state index contributed by atoms with van der Waals surface area (Å²) in [5.74, 6) is 1.15. The molecule has 7 nitrogen and oxygen atoms in total. The molecule has 0 aliphatic rings. The van der Waals surface area contributed by atoms with Crippen molar-refractivity contribution in [2.45, 2.75) is 52.6 Å². The Hall–Kier alpha value is -2.48. The van der Waals surface area contributed by atoms with Crippen LogP contribution in [0.1, 0.15) is 42.9 Å². The Balaban J connectivity index is 1.66. The Kier molecular flexibility index (Phi) is 7.19. The Bertz CT molecular complexity index is 1060. The van der Waals surface area contributed by atoms with Crippen molar-refractivity contribution in [3.05, 3.63) is 51.6 Å². The van der Waals surface area contributed by atoms with E-state index in [0.717, 1.165) is 37.0 Å². The third-order valence-corrected chi connectivity index (χ3v) is 5.93. The summed E-state index contributed by atoms with van der Waals surface area (Å²) in [6.07, 6.45) is 7.20. The molecule has 0 saturated heterocycles. The number of imidazole rings is 1. The zero-order valence-corrected chi connectivity index (χ0v) is 18.1. The number of aryl methyl sites for hydroxylation is 3. The van der Waals surface area contributed by atoms with Crippen molar-refractivity contribution in [3.63, 3.8) is 0 Å².